The number of carbonyl (C=O) groups is 2. The Kier molecular flexibility index (Phi) is 5.17. The normalized spacial score (nSPS) is 20.3. The number of rotatable bonds is 6. The third kappa shape index (κ3) is 4.07. The molecule has 0 aliphatic heterocycles. The molecule has 1 aliphatic rings. The van der Waals surface area contributed by atoms with E-state index in [1.807, 2.05) is 24.3 Å². The Labute approximate surface area is 127 Å². The number of hydrogen-bond acceptors (Lipinski definition) is 2. The molecule has 1 aliphatic carbocycles. The standard InChI is InChI=1S/C15H19BrN2O2/c1-2-3-7-17-14(19)12-9-13(12)15(20)18-11-6-4-5-10(16)8-11/h4-6,8,12-13H,2-3,7,9H2,1H3,(H,17,19)(H,18,20). The van der Waals surface area contributed by atoms with Crippen LogP contribution in [0.25, 0.3) is 0 Å². The molecule has 0 radical (unpaired) electrons. The minimum Gasteiger partial charge on any atom is -0.356 e. The van der Waals surface area contributed by atoms with E-state index >= 15 is 0 Å². The lowest BCUT2D eigenvalue weighted by molar-refractivity contribution is -0.125. The van der Waals surface area contributed by atoms with E-state index in [9.17, 15) is 9.59 Å². The smallest absolute Gasteiger partial charge is 0.228 e. The van der Waals surface area contributed by atoms with Crippen LogP contribution in [0.1, 0.15) is 26.2 Å². The summed E-state index contributed by atoms with van der Waals surface area (Å²) in [6.07, 6.45) is 2.68. The molecule has 0 bridgehead atoms. The zero-order valence-corrected chi connectivity index (χ0v) is 13.1. The second kappa shape index (κ2) is 6.88. The molecule has 0 heterocycles. The van der Waals surface area contributed by atoms with Crippen molar-refractivity contribution in [2.75, 3.05) is 11.9 Å². The van der Waals surface area contributed by atoms with Gasteiger partial charge in [0, 0.05) is 16.7 Å². The predicted molar refractivity (Wildman–Crippen MR) is 82.3 cm³/mol. The molecule has 1 fully saturated rings. The van der Waals surface area contributed by atoms with Gasteiger partial charge in [0.15, 0.2) is 0 Å². The first-order valence-electron chi connectivity index (χ1n) is 6.96. The molecule has 2 amide bonds. The van der Waals surface area contributed by atoms with Crippen LogP contribution in [0.4, 0.5) is 5.69 Å². The van der Waals surface area contributed by atoms with E-state index in [0.29, 0.717) is 13.0 Å². The number of anilines is 1. The molecule has 20 heavy (non-hydrogen) atoms. The average molecular weight is 339 g/mol. The highest BCUT2D eigenvalue weighted by atomic mass is 79.9. The first kappa shape index (κ1) is 15.0. The number of carbonyl (C=O) groups excluding carboxylic acids is 2. The van der Waals surface area contributed by atoms with Crippen molar-refractivity contribution in [2.24, 2.45) is 11.8 Å². The van der Waals surface area contributed by atoms with Crippen LogP contribution in [0.2, 0.25) is 0 Å². The minimum atomic E-state index is -0.185. The fraction of sp³-hybridized carbons (Fsp3) is 0.467. The summed E-state index contributed by atoms with van der Waals surface area (Å²) in [5.41, 5.74) is 0.751. The summed E-state index contributed by atoms with van der Waals surface area (Å²) in [5.74, 6) is -0.402. The van der Waals surface area contributed by atoms with E-state index in [2.05, 4.69) is 33.5 Å². The van der Waals surface area contributed by atoms with E-state index in [0.717, 1.165) is 23.0 Å². The van der Waals surface area contributed by atoms with Crippen molar-refractivity contribution in [2.45, 2.75) is 26.2 Å². The van der Waals surface area contributed by atoms with Gasteiger partial charge < -0.3 is 10.6 Å². The Bertz CT molecular complexity index is 504. The average Bonchev–Trinajstić information content (AvgIpc) is 3.19. The summed E-state index contributed by atoms with van der Waals surface area (Å²) < 4.78 is 0.917. The van der Waals surface area contributed by atoms with Crippen molar-refractivity contribution in [3.63, 3.8) is 0 Å². The molecule has 108 valence electrons. The molecule has 1 aromatic carbocycles. The molecule has 2 rings (SSSR count). The maximum Gasteiger partial charge on any atom is 0.228 e. The van der Waals surface area contributed by atoms with Crippen LogP contribution < -0.4 is 10.6 Å². The highest BCUT2D eigenvalue weighted by Gasteiger charge is 2.47. The molecule has 2 N–H and O–H groups in total. The van der Waals surface area contributed by atoms with Gasteiger partial charge in [-0.05, 0) is 31.0 Å². The number of unbranched alkanes of at least 4 members (excludes halogenated alkanes) is 1. The second-order valence-corrected chi connectivity index (χ2v) is 6.01. The molecular weight excluding hydrogens is 320 g/mol. The molecule has 1 saturated carbocycles. The molecule has 0 saturated heterocycles. The summed E-state index contributed by atoms with van der Waals surface area (Å²) in [4.78, 5) is 23.8. The summed E-state index contributed by atoms with van der Waals surface area (Å²) in [6, 6.07) is 7.44. The number of nitrogens with one attached hydrogen (secondary N) is 2. The Morgan fingerprint density at radius 3 is 2.75 bits per heavy atom. The molecule has 2 unspecified atom stereocenters. The molecule has 0 spiro atoms. The highest BCUT2D eigenvalue weighted by Crippen LogP contribution is 2.39. The largest absolute Gasteiger partial charge is 0.356 e. The van der Waals surface area contributed by atoms with E-state index in [4.69, 9.17) is 0 Å². The maximum atomic E-state index is 12.0. The zero-order chi connectivity index (χ0) is 14.5. The number of amides is 2. The van der Waals surface area contributed by atoms with Gasteiger partial charge in [0.05, 0.1) is 11.8 Å². The van der Waals surface area contributed by atoms with E-state index in [1.165, 1.54) is 0 Å². The van der Waals surface area contributed by atoms with E-state index in [-0.39, 0.29) is 23.7 Å². The van der Waals surface area contributed by atoms with Crippen LogP contribution in [0.15, 0.2) is 28.7 Å². The van der Waals surface area contributed by atoms with Gasteiger partial charge >= 0.3 is 0 Å². The van der Waals surface area contributed by atoms with Crippen molar-refractivity contribution in [1.29, 1.82) is 0 Å². The summed E-state index contributed by atoms with van der Waals surface area (Å²) in [5, 5.41) is 5.72. The molecule has 2 atom stereocenters. The summed E-state index contributed by atoms with van der Waals surface area (Å²) in [7, 11) is 0. The Morgan fingerprint density at radius 2 is 2.05 bits per heavy atom. The van der Waals surface area contributed by atoms with Crippen molar-refractivity contribution < 1.29 is 9.59 Å². The molecule has 1 aromatic rings. The third-order valence-corrected chi connectivity index (χ3v) is 3.88. The molecular formula is C15H19BrN2O2. The lowest BCUT2D eigenvalue weighted by Crippen LogP contribution is -2.28. The van der Waals surface area contributed by atoms with Crippen LogP contribution in [0, 0.1) is 11.8 Å². The predicted octanol–water partition coefficient (Wildman–Crippen LogP) is 2.94. The van der Waals surface area contributed by atoms with Crippen LogP contribution in [-0.2, 0) is 9.59 Å². The quantitative estimate of drug-likeness (QED) is 0.783. The van der Waals surface area contributed by atoms with Gasteiger partial charge in [-0.1, -0.05) is 35.3 Å². The number of hydrogen-bond donors (Lipinski definition) is 2. The SMILES string of the molecule is CCCCNC(=O)C1CC1C(=O)Nc1cccc(Br)c1. The van der Waals surface area contributed by atoms with Crippen LogP contribution in [0.5, 0.6) is 0 Å². The second-order valence-electron chi connectivity index (χ2n) is 5.09. The van der Waals surface area contributed by atoms with Gasteiger partial charge in [-0.15, -0.1) is 0 Å². The van der Waals surface area contributed by atoms with Crippen LogP contribution >= 0.6 is 15.9 Å². The minimum absolute atomic E-state index is 0.00726. The molecule has 4 nitrogen and oxygen atoms in total. The molecule has 0 aromatic heterocycles. The summed E-state index contributed by atoms with van der Waals surface area (Å²) >= 11 is 3.36. The number of benzene rings is 1. The lowest BCUT2D eigenvalue weighted by atomic mass is 10.2. The zero-order valence-electron chi connectivity index (χ0n) is 11.5. The molecule has 5 heteroatoms. The van der Waals surface area contributed by atoms with Crippen LogP contribution in [0.3, 0.4) is 0 Å². The van der Waals surface area contributed by atoms with Gasteiger partial charge in [0.25, 0.3) is 0 Å². The fourth-order valence-electron chi connectivity index (χ4n) is 2.10. The van der Waals surface area contributed by atoms with E-state index in [1.54, 1.807) is 0 Å². The van der Waals surface area contributed by atoms with Gasteiger partial charge in [-0.25, -0.2) is 0 Å². The topological polar surface area (TPSA) is 58.2 Å². The summed E-state index contributed by atoms with van der Waals surface area (Å²) in [6.45, 7) is 2.78. The van der Waals surface area contributed by atoms with Crippen LogP contribution in [-0.4, -0.2) is 18.4 Å². The maximum absolute atomic E-state index is 12.0. The van der Waals surface area contributed by atoms with Gasteiger partial charge in [-0.2, -0.15) is 0 Å². The first-order chi connectivity index (χ1) is 9.61. The van der Waals surface area contributed by atoms with Gasteiger partial charge in [0.1, 0.15) is 0 Å². The third-order valence-electron chi connectivity index (χ3n) is 3.39. The van der Waals surface area contributed by atoms with Crippen molar-refractivity contribution in [1.82, 2.24) is 5.32 Å². The monoisotopic (exact) mass is 338 g/mol. The highest BCUT2D eigenvalue weighted by molar-refractivity contribution is 9.10. The number of halogens is 1. The lowest BCUT2D eigenvalue weighted by Gasteiger charge is -2.06. The Morgan fingerprint density at radius 1 is 1.30 bits per heavy atom. The van der Waals surface area contributed by atoms with E-state index < -0.39 is 0 Å². The van der Waals surface area contributed by atoms with Crippen molar-refractivity contribution in [3.8, 4) is 0 Å². The Balaban J connectivity index is 1.79. The van der Waals surface area contributed by atoms with Crippen molar-refractivity contribution in [3.05, 3.63) is 28.7 Å². The van der Waals surface area contributed by atoms with Gasteiger partial charge in [-0.3, -0.25) is 9.59 Å². The van der Waals surface area contributed by atoms with Gasteiger partial charge in [0.2, 0.25) is 11.8 Å². The fourth-order valence-corrected chi connectivity index (χ4v) is 2.49. The Hall–Kier alpha value is -1.36. The first-order valence-corrected chi connectivity index (χ1v) is 7.75. The van der Waals surface area contributed by atoms with Crippen molar-refractivity contribution >= 4 is 33.4 Å².